The summed E-state index contributed by atoms with van der Waals surface area (Å²) in [4.78, 5) is 15.5. The monoisotopic (exact) mass is 290 g/mol. The van der Waals surface area contributed by atoms with Gasteiger partial charge in [0.05, 0.1) is 0 Å². The van der Waals surface area contributed by atoms with E-state index < -0.39 is 0 Å². The summed E-state index contributed by atoms with van der Waals surface area (Å²) in [5.41, 5.74) is 1.55. The summed E-state index contributed by atoms with van der Waals surface area (Å²) in [5, 5.41) is 4.81. The molecule has 3 nitrogen and oxygen atoms in total. The Bertz CT molecular complexity index is 634. The number of aromatic nitrogens is 1. The Kier molecular flexibility index (Phi) is 3.70. The van der Waals surface area contributed by atoms with Gasteiger partial charge in [0.25, 0.3) is 5.91 Å². The largest absolute Gasteiger partial charge is 0.351 e. The number of halogens is 1. The van der Waals surface area contributed by atoms with Crippen LogP contribution < -0.4 is 5.32 Å². The molecular formula is C16H19ClN2O. The van der Waals surface area contributed by atoms with Crippen LogP contribution in [0.1, 0.15) is 43.1 Å². The number of aromatic amines is 1. The lowest BCUT2D eigenvalue weighted by Crippen LogP contribution is -2.41. The first-order chi connectivity index (χ1) is 9.63. The molecule has 106 valence electrons. The number of carbonyl (C=O) groups excluding carboxylic acids is 1. The minimum Gasteiger partial charge on any atom is -0.351 e. The van der Waals surface area contributed by atoms with Crippen LogP contribution in [0.2, 0.25) is 5.02 Å². The summed E-state index contributed by atoms with van der Waals surface area (Å²) < 4.78 is 0. The van der Waals surface area contributed by atoms with Gasteiger partial charge < -0.3 is 10.3 Å². The fourth-order valence-corrected chi connectivity index (χ4v) is 3.18. The summed E-state index contributed by atoms with van der Waals surface area (Å²) in [5.74, 6) is 0.544. The van der Waals surface area contributed by atoms with Crippen molar-refractivity contribution in [2.24, 2.45) is 5.92 Å². The fraction of sp³-hybridized carbons (Fsp3) is 0.438. The maximum atomic E-state index is 12.3. The molecule has 1 fully saturated rings. The second-order valence-corrected chi connectivity index (χ2v) is 6.19. The average Bonchev–Trinajstić information content (AvgIpc) is 2.84. The van der Waals surface area contributed by atoms with Crippen LogP contribution in [-0.4, -0.2) is 16.9 Å². The van der Waals surface area contributed by atoms with E-state index in [1.54, 1.807) is 0 Å². The van der Waals surface area contributed by atoms with E-state index in [1.165, 1.54) is 19.3 Å². The lowest BCUT2D eigenvalue weighted by atomic mass is 9.86. The molecule has 1 aromatic carbocycles. The van der Waals surface area contributed by atoms with Gasteiger partial charge in [0.2, 0.25) is 0 Å². The van der Waals surface area contributed by atoms with Crippen molar-refractivity contribution >= 4 is 28.4 Å². The second-order valence-electron chi connectivity index (χ2n) is 5.76. The Labute approximate surface area is 123 Å². The van der Waals surface area contributed by atoms with Crippen molar-refractivity contribution in [2.75, 3.05) is 0 Å². The van der Waals surface area contributed by atoms with Crippen molar-refractivity contribution in [1.29, 1.82) is 0 Å². The van der Waals surface area contributed by atoms with Gasteiger partial charge in [-0.3, -0.25) is 4.79 Å². The molecule has 20 heavy (non-hydrogen) atoms. The molecule has 0 bridgehead atoms. The van der Waals surface area contributed by atoms with E-state index in [0.29, 0.717) is 22.7 Å². The Morgan fingerprint density at radius 1 is 1.30 bits per heavy atom. The van der Waals surface area contributed by atoms with Gasteiger partial charge in [-0.25, -0.2) is 0 Å². The molecule has 0 unspecified atom stereocenters. The van der Waals surface area contributed by atoms with Crippen LogP contribution in [0.25, 0.3) is 10.9 Å². The highest BCUT2D eigenvalue weighted by Gasteiger charge is 2.23. The molecule has 2 atom stereocenters. The van der Waals surface area contributed by atoms with E-state index in [2.05, 4.69) is 17.2 Å². The van der Waals surface area contributed by atoms with Crippen LogP contribution in [0, 0.1) is 5.92 Å². The minimum atomic E-state index is -0.0175. The number of hydrogen-bond acceptors (Lipinski definition) is 1. The number of fused-ring (bicyclic) bond motifs is 1. The van der Waals surface area contributed by atoms with Crippen LogP contribution in [0.4, 0.5) is 0 Å². The van der Waals surface area contributed by atoms with E-state index in [-0.39, 0.29) is 5.91 Å². The first-order valence-electron chi connectivity index (χ1n) is 7.22. The topological polar surface area (TPSA) is 44.9 Å². The molecular weight excluding hydrogens is 272 g/mol. The third kappa shape index (κ3) is 2.68. The normalized spacial score (nSPS) is 22.9. The van der Waals surface area contributed by atoms with Gasteiger partial charge in [-0.2, -0.15) is 0 Å². The van der Waals surface area contributed by atoms with Gasteiger partial charge in [-0.05, 0) is 43.0 Å². The van der Waals surface area contributed by atoms with Crippen molar-refractivity contribution in [1.82, 2.24) is 10.3 Å². The molecule has 1 aliphatic carbocycles. The van der Waals surface area contributed by atoms with Gasteiger partial charge in [-0.15, -0.1) is 0 Å². The third-order valence-corrected chi connectivity index (χ3v) is 4.49. The summed E-state index contributed by atoms with van der Waals surface area (Å²) >= 11 is 5.97. The Balaban J connectivity index is 1.78. The number of benzene rings is 1. The lowest BCUT2D eigenvalue weighted by molar-refractivity contribution is 0.0906. The number of hydrogen-bond donors (Lipinski definition) is 2. The molecule has 1 aromatic heterocycles. The molecule has 0 aliphatic heterocycles. The van der Waals surface area contributed by atoms with Crippen LogP contribution >= 0.6 is 11.6 Å². The minimum absolute atomic E-state index is 0.0175. The maximum Gasteiger partial charge on any atom is 0.267 e. The molecule has 0 radical (unpaired) electrons. The van der Waals surface area contributed by atoms with E-state index in [9.17, 15) is 4.79 Å². The van der Waals surface area contributed by atoms with Gasteiger partial charge in [-0.1, -0.05) is 31.4 Å². The number of amides is 1. The van der Waals surface area contributed by atoms with Crippen LogP contribution in [0.5, 0.6) is 0 Å². The number of carbonyl (C=O) groups is 1. The van der Waals surface area contributed by atoms with Crippen molar-refractivity contribution < 1.29 is 4.79 Å². The van der Waals surface area contributed by atoms with Crippen molar-refractivity contribution in [2.45, 2.75) is 38.6 Å². The smallest absolute Gasteiger partial charge is 0.267 e. The van der Waals surface area contributed by atoms with Crippen LogP contribution in [0.15, 0.2) is 24.3 Å². The maximum absolute atomic E-state index is 12.3. The predicted molar refractivity (Wildman–Crippen MR) is 82.2 cm³/mol. The van der Waals surface area contributed by atoms with Gasteiger partial charge in [0.1, 0.15) is 5.69 Å². The Hall–Kier alpha value is -1.48. The molecule has 1 aliphatic rings. The number of H-pyrrole nitrogens is 1. The zero-order valence-corrected chi connectivity index (χ0v) is 12.3. The first kappa shape index (κ1) is 13.5. The SMILES string of the molecule is C[C@H]1CCCC[C@H]1NC(=O)c1cc2cc(Cl)ccc2[nH]1. The first-order valence-corrected chi connectivity index (χ1v) is 7.60. The van der Waals surface area contributed by atoms with E-state index in [1.807, 2.05) is 24.3 Å². The number of nitrogens with one attached hydrogen (secondary N) is 2. The summed E-state index contributed by atoms with van der Waals surface area (Å²) in [6, 6.07) is 7.76. The molecule has 2 aromatic rings. The molecule has 1 heterocycles. The molecule has 0 spiro atoms. The van der Waals surface area contributed by atoms with Crippen molar-refractivity contribution in [3.63, 3.8) is 0 Å². The fourth-order valence-electron chi connectivity index (χ4n) is 3.00. The lowest BCUT2D eigenvalue weighted by Gasteiger charge is -2.29. The van der Waals surface area contributed by atoms with Crippen LogP contribution in [-0.2, 0) is 0 Å². The average molecular weight is 291 g/mol. The third-order valence-electron chi connectivity index (χ3n) is 4.26. The zero-order valence-electron chi connectivity index (χ0n) is 11.6. The second kappa shape index (κ2) is 5.49. The van der Waals surface area contributed by atoms with Crippen molar-refractivity contribution in [3.8, 4) is 0 Å². The van der Waals surface area contributed by atoms with E-state index >= 15 is 0 Å². The Morgan fingerprint density at radius 2 is 2.10 bits per heavy atom. The van der Waals surface area contributed by atoms with Gasteiger partial charge in [0, 0.05) is 22.0 Å². The predicted octanol–water partition coefficient (Wildman–Crippen LogP) is 4.13. The highest BCUT2D eigenvalue weighted by molar-refractivity contribution is 6.31. The summed E-state index contributed by atoms with van der Waals surface area (Å²) in [6.45, 7) is 2.22. The van der Waals surface area contributed by atoms with E-state index in [4.69, 9.17) is 11.6 Å². The zero-order chi connectivity index (χ0) is 14.1. The molecule has 3 rings (SSSR count). The standard InChI is InChI=1S/C16H19ClN2O/c1-10-4-2-3-5-13(10)19-16(20)15-9-11-8-12(17)6-7-14(11)18-15/h6-10,13,18H,2-5H2,1H3,(H,19,20)/t10-,13+/m0/s1. The summed E-state index contributed by atoms with van der Waals surface area (Å²) in [7, 11) is 0. The molecule has 2 N–H and O–H groups in total. The highest BCUT2D eigenvalue weighted by atomic mass is 35.5. The van der Waals surface area contributed by atoms with Gasteiger partial charge in [0.15, 0.2) is 0 Å². The quantitative estimate of drug-likeness (QED) is 0.858. The molecule has 1 amide bonds. The molecule has 0 saturated heterocycles. The van der Waals surface area contributed by atoms with Gasteiger partial charge >= 0.3 is 0 Å². The van der Waals surface area contributed by atoms with Crippen LogP contribution in [0.3, 0.4) is 0 Å². The number of rotatable bonds is 2. The summed E-state index contributed by atoms with van der Waals surface area (Å²) in [6.07, 6.45) is 4.77. The molecule has 4 heteroatoms. The van der Waals surface area contributed by atoms with Crippen molar-refractivity contribution in [3.05, 3.63) is 35.0 Å². The highest BCUT2D eigenvalue weighted by Crippen LogP contribution is 2.24. The molecule has 1 saturated carbocycles. The van der Waals surface area contributed by atoms with E-state index in [0.717, 1.165) is 17.3 Å². The Morgan fingerprint density at radius 3 is 2.90 bits per heavy atom.